The van der Waals surface area contributed by atoms with Crippen LogP contribution in [-0.4, -0.2) is 9.97 Å². The van der Waals surface area contributed by atoms with Gasteiger partial charge in [-0.2, -0.15) is 0 Å². The number of nitrogens with one attached hydrogen (secondary N) is 1. The van der Waals surface area contributed by atoms with Gasteiger partial charge in [-0.05, 0) is 24.3 Å². The normalized spacial score (nSPS) is 12.4. The van der Waals surface area contributed by atoms with Gasteiger partial charge in [-0.25, -0.2) is 4.98 Å². The van der Waals surface area contributed by atoms with Crippen molar-refractivity contribution in [1.82, 2.24) is 9.97 Å². The third-order valence-corrected chi connectivity index (χ3v) is 4.52. The first kappa shape index (κ1) is 15.9. The van der Waals surface area contributed by atoms with E-state index in [2.05, 4.69) is 62.4 Å². The fourth-order valence-corrected chi connectivity index (χ4v) is 3.00. The number of H-pyrrole nitrogens is 1. The zero-order chi connectivity index (χ0) is 16.2. The number of aromatic amines is 1. The number of hydrogen-bond donors (Lipinski definition) is 2. The molecule has 0 fully saturated rings. The molecule has 0 aliphatic rings. The van der Waals surface area contributed by atoms with E-state index >= 15 is 0 Å². The summed E-state index contributed by atoms with van der Waals surface area (Å²) < 4.78 is 1.08. The largest absolute Gasteiger partial charge is 0.334 e. The Bertz CT molecular complexity index is 858. The van der Waals surface area contributed by atoms with Gasteiger partial charge in [0.2, 0.25) is 0 Å². The number of fused-ring (bicyclic) bond motifs is 1. The zero-order valence-corrected chi connectivity index (χ0v) is 14.5. The number of halogens is 1. The molecule has 2 aromatic carbocycles. The molecule has 3 aromatic rings. The van der Waals surface area contributed by atoms with Crippen LogP contribution in [0.25, 0.3) is 10.9 Å². The topological polar surface area (TPSA) is 62.4 Å². The quantitative estimate of drug-likeness (QED) is 0.723. The number of rotatable bonds is 5. The summed E-state index contributed by atoms with van der Waals surface area (Å²) in [7, 11) is 0. The maximum absolute atomic E-state index is 12.1. The maximum Gasteiger partial charge on any atom is 0.258 e. The fraction of sp³-hybridized carbons (Fsp3) is 0.222. The summed E-state index contributed by atoms with van der Waals surface area (Å²) in [6, 6.07) is 16.1. The van der Waals surface area contributed by atoms with E-state index in [4.69, 9.17) is 0 Å². The van der Waals surface area contributed by atoms with Crippen LogP contribution in [0.2, 0.25) is 0 Å². The molecule has 118 valence electrons. The Labute approximate surface area is 143 Å². The van der Waals surface area contributed by atoms with Gasteiger partial charge >= 0.3 is 0 Å². The molecule has 0 amide bonds. The van der Waals surface area contributed by atoms with Crippen LogP contribution in [0.1, 0.15) is 30.8 Å². The highest BCUT2D eigenvalue weighted by Crippen LogP contribution is 2.16. The van der Waals surface area contributed by atoms with Crippen LogP contribution in [0, 0.1) is 0 Å². The summed E-state index contributed by atoms with van der Waals surface area (Å²) in [5.74, 6) is 0.712. The Morgan fingerprint density at radius 3 is 2.65 bits per heavy atom. The molecule has 0 spiro atoms. The minimum Gasteiger partial charge on any atom is -0.334 e. The van der Waals surface area contributed by atoms with Crippen LogP contribution in [0.3, 0.4) is 0 Å². The minimum absolute atomic E-state index is 0.0734. The number of para-hydroxylation sites is 1. The standard InChI is InChI=1S/C18H18BrN3O/c1-2-15(12-7-9-13(19)10-8-12)20-11-17-21-16-6-4-3-5-14(16)18(23)22-17/h3-10,15,20H,2,11H2,1H3,(H,21,22,23)/p+1/t15-/m0/s1. The Kier molecular flexibility index (Phi) is 4.88. The number of nitrogens with two attached hydrogens (primary N) is 1. The van der Waals surface area contributed by atoms with Gasteiger partial charge in [-0.1, -0.05) is 47.1 Å². The van der Waals surface area contributed by atoms with E-state index in [1.165, 1.54) is 5.56 Å². The molecule has 1 atom stereocenters. The molecule has 23 heavy (non-hydrogen) atoms. The SMILES string of the molecule is CC[C@H]([NH2+]Cc1nc2ccccc2c(=O)[nH]1)c1ccc(Br)cc1. The molecule has 0 saturated carbocycles. The third-order valence-electron chi connectivity index (χ3n) is 4.00. The average molecular weight is 373 g/mol. The average Bonchev–Trinajstić information content (AvgIpc) is 2.57. The van der Waals surface area contributed by atoms with Gasteiger partial charge in [0.15, 0.2) is 5.82 Å². The lowest BCUT2D eigenvalue weighted by Gasteiger charge is -2.14. The second kappa shape index (κ2) is 7.06. The van der Waals surface area contributed by atoms with Crippen LogP contribution in [0.15, 0.2) is 57.8 Å². The van der Waals surface area contributed by atoms with Gasteiger partial charge in [-0.3, -0.25) is 4.79 Å². The molecule has 0 radical (unpaired) electrons. The predicted molar refractivity (Wildman–Crippen MR) is 95.2 cm³/mol. The smallest absolute Gasteiger partial charge is 0.258 e. The van der Waals surface area contributed by atoms with E-state index in [0.29, 0.717) is 23.8 Å². The van der Waals surface area contributed by atoms with Crippen molar-refractivity contribution >= 4 is 26.8 Å². The fourth-order valence-electron chi connectivity index (χ4n) is 2.73. The number of benzene rings is 2. The summed E-state index contributed by atoms with van der Waals surface area (Å²) in [5.41, 5.74) is 1.95. The molecule has 1 heterocycles. The van der Waals surface area contributed by atoms with E-state index in [1.54, 1.807) is 6.07 Å². The minimum atomic E-state index is -0.0734. The first-order valence-electron chi connectivity index (χ1n) is 7.74. The van der Waals surface area contributed by atoms with Crippen LogP contribution in [0.5, 0.6) is 0 Å². The number of aromatic nitrogens is 2. The van der Waals surface area contributed by atoms with Crippen LogP contribution in [-0.2, 0) is 6.54 Å². The lowest BCUT2D eigenvalue weighted by molar-refractivity contribution is -0.712. The molecule has 0 aliphatic carbocycles. The molecule has 0 aliphatic heterocycles. The van der Waals surface area contributed by atoms with E-state index in [9.17, 15) is 4.79 Å². The Balaban J connectivity index is 1.79. The molecule has 0 bridgehead atoms. The van der Waals surface area contributed by atoms with Crippen molar-refractivity contribution in [3.8, 4) is 0 Å². The number of hydrogen-bond acceptors (Lipinski definition) is 2. The van der Waals surface area contributed by atoms with E-state index in [0.717, 1.165) is 16.4 Å². The zero-order valence-electron chi connectivity index (χ0n) is 12.9. The van der Waals surface area contributed by atoms with Gasteiger partial charge in [0.1, 0.15) is 12.6 Å². The lowest BCUT2D eigenvalue weighted by atomic mass is 10.0. The lowest BCUT2D eigenvalue weighted by Crippen LogP contribution is -2.83. The van der Waals surface area contributed by atoms with Crippen molar-refractivity contribution in [3.05, 3.63) is 74.7 Å². The van der Waals surface area contributed by atoms with Crippen molar-refractivity contribution in [3.63, 3.8) is 0 Å². The number of nitrogens with zero attached hydrogens (tertiary/aromatic N) is 1. The highest BCUT2D eigenvalue weighted by molar-refractivity contribution is 9.10. The highest BCUT2D eigenvalue weighted by Gasteiger charge is 2.13. The Morgan fingerprint density at radius 2 is 1.91 bits per heavy atom. The van der Waals surface area contributed by atoms with Crippen LogP contribution in [0.4, 0.5) is 0 Å². The second-order valence-electron chi connectivity index (χ2n) is 5.54. The van der Waals surface area contributed by atoms with Gasteiger partial charge in [0, 0.05) is 16.5 Å². The van der Waals surface area contributed by atoms with Crippen molar-refractivity contribution in [2.75, 3.05) is 0 Å². The van der Waals surface area contributed by atoms with Crippen LogP contribution >= 0.6 is 15.9 Å². The molecule has 0 saturated heterocycles. The predicted octanol–water partition coefficient (Wildman–Crippen LogP) is 2.90. The second-order valence-corrected chi connectivity index (χ2v) is 6.45. The molecule has 4 nitrogen and oxygen atoms in total. The third kappa shape index (κ3) is 3.68. The Morgan fingerprint density at radius 1 is 1.17 bits per heavy atom. The molecule has 5 heteroatoms. The summed E-state index contributed by atoms with van der Waals surface area (Å²) in [4.78, 5) is 19.5. The molecule has 0 unspecified atom stereocenters. The van der Waals surface area contributed by atoms with Crippen molar-refractivity contribution < 1.29 is 5.32 Å². The molecule has 3 N–H and O–H groups in total. The van der Waals surface area contributed by atoms with E-state index in [-0.39, 0.29) is 5.56 Å². The summed E-state index contributed by atoms with van der Waals surface area (Å²) in [5, 5.41) is 2.85. The molecular weight excluding hydrogens is 354 g/mol. The van der Waals surface area contributed by atoms with Gasteiger partial charge < -0.3 is 10.3 Å². The van der Waals surface area contributed by atoms with Crippen molar-refractivity contribution in [2.24, 2.45) is 0 Å². The molecule has 1 aromatic heterocycles. The first-order valence-corrected chi connectivity index (χ1v) is 8.53. The molecular formula is C18H19BrN3O+. The van der Waals surface area contributed by atoms with Crippen molar-refractivity contribution in [1.29, 1.82) is 0 Å². The van der Waals surface area contributed by atoms with E-state index < -0.39 is 0 Å². The monoisotopic (exact) mass is 372 g/mol. The maximum atomic E-state index is 12.1. The van der Waals surface area contributed by atoms with Crippen molar-refractivity contribution in [2.45, 2.75) is 25.9 Å². The van der Waals surface area contributed by atoms with Gasteiger partial charge in [0.05, 0.1) is 10.9 Å². The van der Waals surface area contributed by atoms with Gasteiger partial charge in [0.25, 0.3) is 5.56 Å². The summed E-state index contributed by atoms with van der Waals surface area (Å²) in [6.45, 7) is 2.81. The first-order chi connectivity index (χ1) is 11.2. The van der Waals surface area contributed by atoms with E-state index in [1.807, 2.05) is 18.2 Å². The summed E-state index contributed by atoms with van der Waals surface area (Å²) in [6.07, 6.45) is 1.01. The Hall–Kier alpha value is -1.98. The highest BCUT2D eigenvalue weighted by atomic mass is 79.9. The van der Waals surface area contributed by atoms with Crippen LogP contribution < -0.4 is 10.9 Å². The summed E-state index contributed by atoms with van der Waals surface area (Å²) >= 11 is 3.46. The number of quaternary nitrogens is 1. The molecule has 3 rings (SSSR count). The van der Waals surface area contributed by atoms with Gasteiger partial charge in [-0.15, -0.1) is 0 Å².